The molecule has 4 aromatic rings. The summed E-state index contributed by atoms with van der Waals surface area (Å²) < 4.78 is 4.80. The quantitative estimate of drug-likeness (QED) is 0.558. The van der Waals surface area contributed by atoms with E-state index in [0.29, 0.717) is 23.8 Å². The molecule has 0 fully saturated rings. The minimum atomic E-state index is -0.0440. The maximum atomic E-state index is 13.1. The lowest BCUT2D eigenvalue weighted by Crippen LogP contribution is -2.40. The number of thiazole rings is 1. The number of aromatic nitrogens is 6. The molecule has 2 N–H and O–H groups in total. The first kappa shape index (κ1) is 16.9. The van der Waals surface area contributed by atoms with Gasteiger partial charge in [0.25, 0.3) is 5.91 Å². The summed E-state index contributed by atoms with van der Waals surface area (Å²) in [6.07, 6.45) is 3.69. The molecule has 5 rings (SSSR count). The molecule has 0 bridgehead atoms. The van der Waals surface area contributed by atoms with Crippen molar-refractivity contribution in [3.8, 4) is 11.4 Å². The summed E-state index contributed by atoms with van der Waals surface area (Å²) in [7, 11) is 1.87. The fraction of sp³-hybridized carbons (Fsp3) is 0.278. The lowest BCUT2D eigenvalue weighted by Gasteiger charge is -2.32. The maximum Gasteiger partial charge on any atom is 0.254 e. The van der Waals surface area contributed by atoms with Crippen LogP contribution < -0.4 is 5.73 Å². The van der Waals surface area contributed by atoms with Crippen LogP contribution in [-0.2, 0) is 13.6 Å². The third-order valence-electron chi connectivity index (χ3n) is 4.93. The van der Waals surface area contributed by atoms with Gasteiger partial charge in [-0.15, -0.1) is 10.2 Å². The van der Waals surface area contributed by atoms with Gasteiger partial charge in [-0.3, -0.25) is 9.48 Å². The molecular formula is C18H18N8OS. The van der Waals surface area contributed by atoms with E-state index in [0.717, 1.165) is 27.4 Å². The largest absolute Gasteiger partial charge is 0.375 e. The van der Waals surface area contributed by atoms with Gasteiger partial charge in [-0.05, 0) is 25.1 Å². The van der Waals surface area contributed by atoms with Gasteiger partial charge >= 0.3 is 0 Å². The molecule has 1 aromatic carbocycles. The second kappa shape index (κ2) is 6.13. The van der Waals surface area contributed by atoms with E-state index in [-0.39, 0.29) is 11.9 Å². The number of amides is 1. The van der Waals surface area contributed by atoms with Gasteiger partial charge in [0, 0.05) is 25.4 Å². The lowest BCUT2D eigenvalue weighted by molar-refractivity contribution is 0.0682. The number of hydrogen-bond acceptors (Lipinski definition) is 7. The number of carbonyl (C=O) groups excluding carboxylic acids is 1. The molecule has 0 saturated carbocycles. The number of nitrogen functional groups attached to an aromatic ring is 1. The van der Waals surface area contributed by atoms with Crippen molar-refractivity contribution in [2.45, 2.75) is 19.5 Å². The molecule has 9 nitrogen and oxygen atoms in total. The number of nitrogens with zero attached hydrogens (tertiary/aromatic N) is 7. The highest BCUT2D eigenvalue weighted by Crippen LogP contribution is 2.29. The highest BCUT2D eigenvalue weighted by molar-refractivity contribution is 7.22. The summed E-state index contributed by atoms with van der Waals surface area (Å²) in [5, 5.41) is 13.4. The topological polar surface area (TPSA) is 108 Å². The number of rotatable bonds is 2. The summed E-state index contributed by atoms with van der Waals surface area (Å²) in [5.74, 6) is 1.50. The molecule has 0 saturated heterocycles. The van der Waals surface area contributed by atoms with E-state index >= 15 is 0 Å². The standard InChI is InChI=1S/C18H18N8OS/c1-10-7-25(17(27)11-3-4-14-13(5-11)21-18(19)28-14)9-15-22-23-16(26(10)15)12-6-20-24(2)8-12/h3-6,8,10H,7,9H2,1-2H3,(H2,19,21)/t10-/m0/s1. The highest BCUT2D eigenvalue weighted by Gasteiger charge is 2.30. The fourth-order valence-electron chi connectivity index (χ4n) is 3.68. The van der Waals surface area contributed by atoms with Crippen molar-refractivity contribution in [1.29, 1.82) is 0 Å². The molecule has 0 aliphatic carbocycles. The molecule has 1 aliphatic heterocycles. The Morgan fingerprint density at radius 3 is 2.96 bits per heavy atom. The Morgan fingerprint density at radius 1 is 1.32 bits per heavy atom. The normalized spacial score (nSPS) is 16.5. The summed E-state index contributed by atoms with van der Waals surface area (Å²) in [6, 6.07) is 5.58. The summed E-state index contributed by atoms with van der Waals surface area (Å²) >= 11 is 1.41. The van der Waals surface area contributed by atoms with Gasteiger partial charge in [0.2, 0.25) is 0 Å². The average molecular weight is 394 g/mol. The molecule has 3 aromatic heterocycles. The predicted molar refractivity (Wildman–Crippen MR) is 106 cm³/mol. The summed E-state index contributed by atoms with van der Waals surface area (Å²) in [5.41, 5.74) is 8.04. The Balaban J connectivity index is 1.45. The first-order chi connectivity index (χ1) is 13.5. The lowest BCUT2D eigenvalue weighted by atomic mass is 10.1. The number of benzene rings is 1. The molecule has 142 valence electrons. The predicted octanol–water partition coefficient (Wildman–Crippen LogP) is 2.09. The monoisotopic (exact) mass is 394 g/mol. The number of anilines is 1. The molecule has 1 atom stereocenters. The Hall–Kier alpha value is -3.27. The smallest absolute Gasteiger partial charge is 0.254 e. The molecule has 10 heteroatoms. The van der Waals surface area contributed by atoms with Crippen LogP contribution in [0.2, 0.25) is 0 Å². The van der Waals surface area contributed by atoms with E-state index in [9.17, 15) is 4.79 Å². The van der Waals surface area contributed by atoms with Gasteiger partial charge in [0.15, 0.2) is 16.8 Å². The van der Waals surface area contributed by atoms with Crippen LogP contribution in [0.1, 0.15) is 29.1 Å². The zero-order chi connectivity index (χ0) is 19.4. The van der Waals surface area contributed by atoms with E-state index in [1.54, 1.807) is 21.8 Å². The number of aryl methyl sites for hydroxylation is 1. The van der Waals surface area contributed by atoms with Crippen molar-refractivity contribution in [1.82, 2.24) is 34.4 Å². The minimum absolute atomic E-state index is 0.0440. The van der Waals surface area contributed by atoms with Crippen molar-refractivity contribution in [2.75, 3.05) is 12.3 Å². The molecule has 4 heterocycles. The van der Waals surface area contributed by atoms with Gasteiger partial charge in [0.05, 0.1) is 34.6 Å². The zero-order valence-corrected chi connectivity index (χ0v) is 16.2. The second-order valence-corrected chi connectivity index (χ2v) is 8.04. The van der Waals surface area contributed by atoms with E-state index in [4.69, 9.17) is 5.73 Å². The van der Waals surface area contributed by atoms with Crippen molar-refractivity contribution in [3.63, 3.8) is 0 Å². The third-order valence-corrected chi connectivity index (χ3v) is 5.79. The molecule has 1 aliphatic rings. The van der Waals surface area contributed by atoms with Crippen LogP contribution in [0.15, 0.2) is 30.6 Å². The first-order valence-corrected chi connectivity index (χ1v) is 9.69. The second-order valence-electron chi connectivity index (χ2n) is 6.98. The maximum absolute atomic E-state index is 13.1. The van der Waals surface area contributed by atoms with Crippen molar-refractivity contribution in [3.05, 3.63) is 42.0 Å². The minimum Gasteiger partial charge on any atom is -0.375 e. The molecule has 0 unspecified atom stereocenters. The van der Waals surface area contributed by atoms with Gasteiger partial charge in [-0.25, -0.2) is 4.98 Å². The number of hydrogen-bond donors (Lipinski definition) is 1. The van der Waals surface area contributed by atoms with Gasteiger partial charge < -0.3 is 15.2 Å². The molecule has 28 heavy (non-hydrogen) atoms. The van der Waals surface area contributed by atoms with Crippen LogP contribution in [0.25, 0.3) is 21.6 Å². The fourth-order valence-corrected chi connectivity index (χ4v) is 4.39. The summed E-state index contributed by atoms with van der Waals surface area (Å²) in [6.45, 7) is 3.05. The number of fused-ring (bicyclic) bond motifs is 2. The Kier molecular flexibility index (Phi) is 3.69. The Bertz CT molecular complexity index is 1210. The van der Waals surface area contributed by atoms with Crippen LogP contribution in [0, 0.1) is 0 Å². The van der Waals surface area contributed by atoms with Crippen LogP contribution >= 0.6 is 11.3 Å². The van der Waals surface area contributed by atoms with Crippen molar-refractivity contribution >= 4 is 32.6 Å². The molecular weight excluding hydrogens is 376 g/mol. The van der Waals surface area contributed by atoms with E-state index < -0.39 is 0 Å². The van der Waals surface area contributed by atoms with Crippen molar-refractivity contribution in [2.24, 2.45) is 7.05 Å². The van der Waals surface area contributed by atoms with Gasteiger partial charge in [-0.2, -0.15) is 5.10 Å². The van der Waals surface area contributed by atoms with Crippen LogP contribution in [0.4, 0.5) is 5.13 Å². The SMILES string of the molecule is C[C@H]1CN(C(=O)c2ccc3sc(N)nc3c2)Cc2nnc(-c3cnn(C)c3)n21. The number of nitrogens with two attached hydrogens (primary N) is 1. The van der Waals surface area contributed by atoms with Gasteiger partial charge in [-0.1, -0.05) is 11.3 Å². The highest BCUT2D eigenvalue weighted by atomic mass is 32.1. The summed E-state index contributed by atoms with van der Waals surface area (Å²) in [4.78, 5) is 19.2. The average Bonchev–Trinajstić information content (AvgIpc) is 3.37. The van der Waals surface area contributed by atoms with Crippen LogP contribution in [0.5, 0.6) is 0 Å². The molecule has 1 amide bonds. The van der Waals surface area contributed by atoms with E-state index in [1.165, 1.54) is 11.3 Å². The first-order valence-electron chi connectivity index (χ1n) is 8.88. The van der Waals surface area contributed by atoms with E-state index in [2.05, 4.69) is 31.8 Å². The third kappa shape index (κ3) is 2.64. The van der Waals surface area contributed by atoms with Crippen molar-refractivity contribution < 1.29 is 4.79 Å². The van der Waals surface area contributed by atoms with Crippen LogP contribution in [0.3, 0.4) is 0 Å². The Labute approximate surface area is 164 Å². The molecule has 0 radical (unpaired) electrons. The van der Waals surface area contributed by atoms with Crippen LogP contribution in [-0.4, -0.2) is 46.9 Å². The van der Waals surface area contributed by atoms with E-state index in [1.807, 2.05) is 25.4 Å². The molecule has 0 spiro atoms. The zero-order valence-electron chi connectivity index (χ0n) is 15.4. The Morgan fingerprint density at radius 2 is 2.18 bits per heavy atom. The number of carbonyl (C=O) groups is 1. The van der Waals surface area contributed by atoms with Gasteiger partial charge in [0.1, 0.15) is 0 Å².